The van der Waals surface area contributed by atoms with Gasteiger partial charge in [0.15, 0.2) is 0 Å². The molecule has 2 bridgehead atoms. The van der Waals surface area contributed by atoms with Crippen molar-refractivity contribution in [1.29, 1.82) is 0 Å². The van der Waals surface area contributed by atoms with Gasteiger partial charge in [0.2, 0.25) is 0 Å². The number of fused-ring (bicyclic) bond motifs is 4. The van der Waals surface area contributed by atoms with Gasteiger partial charge in [0.05, 0.1) is 24.8 Å². The first-order valence-corrected chi connectivity index (χ1v) is 8.18. The predicted molar refractivity (Wildman–Crippen MR) is 87.6 cm³/mol. The lowest BCUT2D eigenvalue weighted by Gasteiger charge is -2.29. The van der Waals surface area contributed by atoms with Crippen molar-refractivity contribution in [2.24, 2.45) is 5.92 Å². The molecule has 2 aliphatic heterocycles. The average molecular weight is 314 g/mol. The van der Waals surface area contributed by atoms with Gasteiger partial charge in [-0.2, -0.15) is 0 Å². The smallest absolute Gasteiger partial charge is 0.257 e. The van der Waals surface area contributed by atoms with Crippen LogP contribution in [0.15, 0.2) is 28.7 Å². The topological polar surface area (TPSA) is 45.9 Å². The van der Waals surface area contributed by atoms with Gasteiger partial charge < -0.3 is 14.1 Å². The highest BCUT2D eigenvalue weighted by Crippen LogP contribution is 2.26. The van der Waals surface area contributed by atoms with Gasteiger partial charge in [-0.15, -0.1) is 0 Å². The number of nitrogens with zero attached hydrogens (tertiary/aromatic N) is 2. The summed E-state index contributed by atoms with van der Waals surface area (Å²) in [6, 6.07) is 8.03. The number of aryl methyl sites for hydroxylation is 1. The number of hydrogen-bond donors (Lipinski definition) is 0. The summed E-state index contributed by atoms with van der Waals surface area (Å²) >= 11 is 0. The van der Waals surface area contributed by atoms with E-state index in [2.05, 4.69) is 11.9 Å². The Morgan fingerprint density at radius 3 is 2.96 bits per heavy atom. The fourth-order valence-corrected chi connectivity index (χ4v) is 3.75. The molecule has 1 amide bonds. The minimum Gasteiger partial charge on any atom is -0.461 e. The van der Waals surface area contributed by atoms with Crippen molar-refractivity contribution in [2.45, 2.75) is 13.0 Å². The Labute approximate surface area is 135 Å². The molecule has 4 rings (SSSR count). The van der Waals surface area contributed by atoms with E-state index in [0.29, 0.717) is 30.2 Å². The van der Waals surface area contributed by atoms with E-state index in [1.807, 2.05) is 36.1 Å². The molecule has 23 heavy (non-hydrogen) atoms. The van der Waals surface area contributed by atoms with E-state index >= 15 is 0 Å². The normalized spacial score (nSPS) is 25.6. The number of furan rings is 1. The lowest BCUT2D eigenvalue weighted by molar-refractivity contribution is 0.0434. The molecule has 2 atom stereocenters. The van der Waals surface area contributed by atoms with Crippen LogP contribution in [-0.4, -0.2) is 61.6 Å². The summed E-state index contributed by atoms with van der Waals surface area (Å²) < 4.78 is 11.5. The molecule has 0 unspecified atom stereocenters. The monoisotopic (exact) mass is 314 g/mol. The SMILES string of the molecule is Cc1cc2cccc(C(=O)N3C[C@@H]4COC[C@H](C3)N(C)C4)c2o1. The highest BCUT2D eigenvalue weighted by molar-refractivity contribution is 6.05. The molecule has 2 aliphatic rings. The van der Waals surface area contributed by atoms with Gasteiger partial charge in [0, 0.05) is 30.9 Å². The maximum Gasteiger partial charge on any atom is 0.257 e. The zero-order valence-electron chi connectivity index (χ0n) is 13.6. The lowest BCUT2D eigenvalue weighted by atomic mass is 10.1. The van der Waals surface area contributed by atoms with E-state index in [0.717, 1.165) is 30.8 Å². The first kappa shape index (κ1) is 14.7. The van der Waals surface area contributed by atoms with E-state index in [1.165, 1.54) is 0 Å². The van der Waals surface area contributed by atoms with Crippen LogP contribution in [0.2, 0.25) is 0 Å². The number of benzene rings is 1. The molecule has 2 aromatic rings. The average Bonchev–Trinajstić information content (AvgIpc) is 2.70. The van der Waals surface area contributed by atoms with Crippen molar-refractivity contribution in [3.63, 3.8) is 0 Å². The predicted octanol–water partition coefficient (Wildman–Crippen LogP) is 2.14. The van der Waals surface area contributed by atoms with Crippen LogP contribution >= 0.6 is 0 Å². The van der Waals surface area contributed by atoms with E-state index in [1.54, 1.807) is 0 Å². The van der Waals surface area contributed by atoms with Crippen molar-refractivity contribution in [3.8, 4) is 0 Å². The Morgan fingerprint density at radius 2 is 2.09 bits per heavy atom. The van der Waals surface area contributed by atoms with E-state index < -0.39 is 0 Å². The number of carbonyl (C=O) groups is 1. The van der Waals surface area contributed by atoms with Crippen LogP contribution in [-0.2, 0) is 4.74 Å². The molecule has 1 aromatic heterocycles. The first-order chi connectivity index (χ1) is 11.1. The molecule has 3 heterocycles. The van der Waals surface area contributed by atoms with Gasteiger partial charge in [0.1, 0.15) is 11.3 Å². The number of amides is 1. The van der Waals surface area contributed by atoms with Crippen LogP contribution in [0.25, 0.3) is 11.0 Å². The molecule has 5 heteroatoms. The molecule has 1 aromatic carbocycles. The Bertz CT molecular complexity index is 739. The number of ether oxygens (including phenoxy) is 1. The fourth-order valence-electron chi connectivity index (χ4n) is 3.75. The van der Waals surface area contributed by atoms with E-state index in [4.69, 9.17) is 9.15 Å². The largest absolute Gasteiger partial charge is 0.461 e. The minimum atomic E-state index is 0.0668. The van der Waals surface area contributed by atoms with Crippen molar-refractivity contribution in [1.82, 2.24) is 9.80 Å². The summed E-state index contributed by atoms with van der Waals surface area (Å²) in [5.74, 6) is 1.27. The second-order valence-electron chi connectivity index (χ2n) is 6.79. The van der Waals surface area contributed by atoms with Crippen molar-refractivity contribution < 1.29 is 13.9 Å². The molecule has 0 saturated carbocycles. The summed E-state index contributed by atoms with van der Waals surface area (Å²) in [6.45, 7) is 5.78. The second-order valence-corrected chi connectivity index (χ2v) is 6.79. The molecule has 5 nitrogen and oxygen atoms in total. The number of hydrogen-bond acceptors (Lipinski definition) is 4. The molecule has 0 radical (unpaired) electrons. The third-order valence-electron chi connectivity index (χ3n) is 4.93. The standard InChI is InChI=1S/C18H22N2O3/c1-12-6-14-4-3-5-16(17(14)23-12)18(21)20-8-13-7-19(2)15(9-20)11-22-10-13/h3-6,13,15H,7-11H2,1-2H3/t13-,15+/m1/s1. The first-order valence-electron chi connectivity index (χ1n) is 8.18. The van der Waals surface area contributed by atoms with E-state index in [-0.39, 0.29) is 11.9 Å². The quantitative estimate of drug-likeness (QED) is 0.809. The lowest BCUT2D eigenvalue weighted by Crippen LogP contribution is -2.44. The van der Waals surface area contributed by atoms with Gasteiger partial charge in [0.25, 0.3) is 5.91 Å². The van der Waals surface area contributed by atoms with Crippen LogP contribution in [0.5, 0.6) is 0 Å². The maximum atomic E-state index is 13.1. The van der Waals surface area contributed by atoms with Gasteiger partial charge >= 0.3 is 0 Å². The summed E-state index contributed by atoms with van der Waals surface area (Å²) in [7, 11) is 2.12. The Kier molecular flexibility index (Phi) is 3.62. The zero-order chi connectivity index (χ0) is 16.0. The fraction of sp³-hybridized carbons (Fsp3) is 0.500. The maximum absolute atomic E-state index is 13.1. The van der Waals surface area contributed by atoms with Gasteiger partial charge in [-0.25, -0.2) is 0 Å². The van der Waals surface area contributed by atoms with Crippen molar-refractivity contribution in [2.75, 3.05) is 39.9 Å². The summed E-state index contributed by atoms with van der Waals surface area (Å²) in [6.07, 6.45) is 0. The van der Waals surface area contributed by atoms with Gasteiger partial charge in [-0.05, 0) is 26.1 Å². The number of carbonyl (C=O) groups excluding carboxylic acids is 1. The Morgan fingerprint density at radius 1 is 1.22 bits per heavy atom. The third-order valence-corrected chi connectivity index (χ3v) is 4.93. The van der Waals surface area contributed by atoms with Crippen molar-refractivity contribution >= 4 is 16.9 Å². The van der Waals surface area contributed by atoms with Crippen molar-refractivity contribution in [3.05, 3.63) is 35.6 Å². The molecule has 0 aliphatic carbocycles. The van der Waals surface area contributed by atoms with Crippen LogP contribution in [0, 0.1) is 12.8 Å². The number of likely N-dealkylation sites (N-methyl/N-ethyl adjacent to an activating group) is 1. The van der Waals surface area contributed by atoms with Gasteiger partial charge in [-0.3, -0.25) is 9.69 Å². The Hall–Kier alpha value is -1.85. The van der Waals surface area contributed by atoms with Crippen LogP contribution < -0.4 is 0 Å². The minimum absolute atomic E-state index is 0.0668. The van der Waals surface area contributed by atoms with Gasteiger partial charge in [-0.1, -0.05) is 12.1 Å². The number of para-hydroxylation sites is 1. The van der Waals surface area contributed by atoms with E-state index in [9.17, 15) is 4.79 Å². The molecule has 0 N–H and O–H groups in total. The summed E-state index contributed by atoms with van der Waals surface area (Å²) in [4.78, 5) is 17.4. The zero-order valence-corrected chi connectivity index (χ0v) is 13.6. The summed E-state index contributed by atoms with van der Waals surface area (Å²) in [5.41, 5.74) is 1.37. The Balaban J connectivity index is 1.68. The molecule has 2 saturated heterocycles. The third kappa shape index (κ3) is 2.64. The molecule has 122 valence electrons. The van der Waals surface area contributed by atoms with Crippen LogP contribution in [0.4, 0.5) is 0 Å². The highest BCUT2D eigenvalue weighted by Gasteiger charge is 2.34. The summed E-state index contributed by atoms with van der Waals surface area (Å²) in [5, 5.41) is 0.990. The van der Waals surface area contributed by atoms with Crippen LogP contribution in [0.1, 0.15) is 16.1 Å². The molecular weight excluding hydrogens is 292 g/mol. The number of rotatable bonds is 1. The second kappa shape index (κ2) is 5.65. The highest BCUT2D eigenvalue weighted by atomic mass is 16.5. The molecule has 0 spiro atoms. The molecular formula is C18H22N2O3. The molecule has 2 fully saturated rings. The van der Waals surface area contributed by atoms with Crippen LogP contribution in [0.3, 0.4) is 0 Å².